The molecule has 0 aromatic rings. The first-order chi connectivity index (χ1) is 5.70. The van der Waals surface area contributed by atoms with E-state index in [1.807, 2.05) is 0 Å². The predicted octanol–water partition coefficient (Wildman–Crippen LogP) is -3.00. The molecule has 0 amide bonds. The van der Waals surface area contributed by atoms with Crippen LogP contribution >= 0.6 is 0 Å². The molecule has 0 aliphatic carbocycles. The van der Waals surface area contributed by atoms with E-state index in [1.54, 1.807) is 7.05 Å². The third-order valence-electron chi connectivity index (χ3n) is 2.05. The minimum atomic E-state index is -0.978. The Morgan fingerprint density at radius 3 is 2.50 bits per heavy atom. The molecule has 1 heterocycles. The van der Waals surface area contributed by atoms with Gasteiger partial charge in [-0.05, 0) is 7.05 Å². The van der Waals surface area contributed by atoms with E-state index in [1.165, 1.54) is 0 Å². The highest BCUT2D eigenvalue weighted by molar-refractivity contribution is 6.34. The molecule has 1 unspecified atom stereocenters. The molecule has 0 radical (unpaired) electrons. The summed E-state index contributed by atoms with van der Waals surface area (Å²) in [6.07, 6.45) is -2.54. The zero-order chi connectivity index (χ0) is 9.14. The minimum absolute atomic E-state index is 0.265. The van der Waals surface area contributed by atoms with E-state index < -0.39 is 24.3 Å². The van der Waals surface area contributed by atoms with Gasteiger partial charge < -0.3 is 25.3 Å². The van der Waals surface area contributed by atoms with E-state index in [9.17, 15) is 10.2 Å². The van der Waals surface area contributed by atoms with Crippen LogP contribution in [0.15, 0.2) is 0 Å². The number of hydrogen-bond donors (Lipinski definition) is 4. The molecule has 1 aliphatic rings. The van der Waals surface area contributed by atoms with Crippen molar-refractivity contribution in [2.75, 3.05) is 13.7 Å². The molecule has 4 atom stereocenters. The second-order valence-electron chi connectivity index (χ2n) is 2.93. The first-order valence-electron chi connectivity index (χ1n) is 3.97. The molecule has 6 heteroatoms. The highest BCUT2D eigenvalue weighted by Crippen LogP contribution is 2.19. The number of rotatable bonds is 3. The Labute approximate surface area is 71.6 Å². The molecule has 1 aliphatic heterocycles. The molecule has 4 N–H and O–H groups in total. The second-order valence-corrected chi connectivity index (χ2v) is 2.93. The summed E-state index contributed by atoms with van der Waals surface area (Å²) in [6.45, 7) is -0.265. The molecular formula is C6H14BNO4. The zero-order valence-corrected chi connectivity index (χ0v) is 6.97. The van der Waals surface area contributed by atoms with Crippen molar-refractivity contribution in [3.05, 3.63) is 0 Å². The summed E-state index contributed by atoms with van der Waals surface area (Å²) in [5.41, 5.74) is 0. The molecule has 1 fully saturated rings. The van der Waals surface area contributed by atoms with Crippen molar-refractivity contribution in [1.82, 2.24) is 5.23 Å². The molecule has 0 spiro atoms. The van der Waals surface area contributed by atoms with Gasteiger partial charge in [-0.3, -0.25) is 0 Å². The number of aliphatic hydroxyl groups excluding tert-OH is 3. The van der Waals surface area contributed by atoms with Crippen LogP contribution in [0, 0.1) is 0 Å². The molecule has 5 nitrogen and oxygen atoms in total. The molecule has 70 valence electrons. The third-order valence-corrected chi connectivity index (χ3v) is 2.05. The van der Waals surface area contributed by atoms with Crippen LogP contribution in [-0.4, -0.2) is 60.7 Å². The van der Waals surface area contributed by atoms with Crippen LogP contribution in [0.4, 0.5) is 0 Å². The van der Waals surface area contributed by atoms with Gasteiger partial charge >= 0.3 is 0 Å². The summed E-state index contributed by atoms with van der Waals surface area (Å²) >= 11 is 0. The fraction of sp³-hybridized carbons (Fsp3) is 1.00. The first kappa shape index (κ1) is 9.95. The molecule has 12 heavy (non-hydrogen) atoms. The Bertz CT molecular complexity index is 148. The van der Waals surface area contributed by atoms with Crippen molar-refractivity contribution in [2.45, 2.75) is 24.3 Å². The van der Waals surface area contributed by atoms with Crippen molar-refractivity contribution >= 4 is 7.41 Å². The second kappa shape index (κ2) is 4.20. The lowest BCUT2D eigenvalue weighted by Crippen LogP contribution is -2.39. The van der Waals surface area contributed by atoms with E-state index in [0.29, 0.717) is 7.41 Å². The molecule has 0 saturated carbocycles. The Hall–Kier alpha value is -0.135. The van der Waals surface area contributed by atoms with Crippen LogP contribution in [0.25, 0.3) is 0 Å². The Morgan fingerprint density at radius 2 is 2.08 bits per heavy atom. The smallest absolute Gasteiger partial charge is 0.237 e. The highest BCUT2D eigenvalue weighted by Gasteiger charge is 2.41. The third kappa shape index (κ3) is 1.78. The van der Waals surface area contributed by atoms with Crippen LogP contribution in [-0.2, 0) is 4.74 Å². The van der Waals surface area contributed by atoms with Crippen molar-refractivity contribution in [2.24, 2.45) is 0 Å². The number of nitrogens with one attached hydrogen (secondary N) is 1. The fourth-order valence-corrected chi connectivity index (χ4v) is 1.35. The van der Waals surface area contributed by atoms with E-state index in [-0.39, 0.29) is 6.61 Å². The van der Waals surface area contributed by atoms with Crippen molar-refractivity contribution in [3.8, 4) is 0 Å². The van der Waals surface area contributed by atoms with Gasteiger partial charge in [0.05, 0.1) is 12.6 Å². The summed E-state index contributed by atoms with van der Waals surface area (Å²) in [5.74, 6) is 0. The van der Waals surface area contributed by atoms with Crippen LogP contribution in [0.5, 0.6) is 0 Å². The lowest BCUT2D eigenvalue weighted by atomic mass is 9.81. The molecule has 1 saturated heterocycles. The Morgan fingerprint density at radius 1 is 1.42 bits per heavy atom. The minimum Gasteiger partial charge on any atom is -0.394 e. The van der Waals surface area contributed by atoms with E-state index in [0.717, 1.165) is 0 Å². The molecule has 0 aromatic heterocycles. The normalized spacial score (nSPS) is 41.7. The van der Waals surface area contributed by atoms with Crippen LogP contribution < -0.4 is 5.23 Å². The molecule has 0 aromatic carbocycles. The van der Waals surface area contributed by atoms with Gasteiger partial charge in [-0.1, -0.05) is 0 Å². The van der Waals surface area contributed by atoms with E-state index in [2.05, 4.69) is 5.23 Å². The van der Waals surface area contributed by atoms with Gasteiger partial charge in [0.1, 0.15) is 18.3 Å². The number of ether oxygens (including phenoxy) is 1. The Kier molecular flexibility index (Phi) is 3.48. The van der Waals surface area contributed by atoms with Crippen LogP contribution in [0.2, 0.25) is 0 Å². The van der Waals surface area contributed by atoms with Gasteiger partial charge in [0.25, 0.3) is 0 Å². The van der Waals surface area contributed by atoms with Gasteiger partial charge in [0, 0.05) is 0 Å². The molecule has 1 rings (SSSR count). The number of aliphatic hydroxyl groups is 3. The zero-order valence-electron chi connectivity index (χ0n) is 6.97. The lowest BCUT2D eigenvalue weighted by molar-refractivity contribution is -0.00914. The maximum atomic E-state index is 9.36. The average Bonchev–Trinajstić information content (AvgIpc) is 2.33. The Balaban J connectivity index is 2.48. The molecular weight excluding hydrogens is 161 g/mol. The summed E-state index contributed by atoms with van der Waals surface area (Å²) in [4.78, 5) is 0. The van der Waals surface area contributed by atoms with E-state index in [4.69, 9.17) is 9.84 Å². The predicted molar refractivity (Wildman–Crippen MR) is 44.0 cm³/mol. The van der Waals surface area contributed by atoms with Gasteiger partial charge in [-0.15, -0.1) is 0 Å². The van der Waals surface area contributed by atoms with Gasteiger partial charge in [-0.2, -0.15) is 0 Å². The van der Waals surface area contributed by atoms with Gasteiger partial charge in [-0.25, -0.2) is 0 Å². The van der Waals surface area contributed by atoms with Gasteiger partial charge in [0.2, 0.25) is 7.41 Å². The average molecular weight is 175 g/mol. The summed E-state index contributed by atoms with van der Waals surface area (Å²) in [6, 6.07) is -0.429. The van der Waals surface area contributed by atoms with E-state index >= 15 is 0 Å². The first-order valence-corrected chi connectivity index (χ1v) is 3.97. The maximum Gasteiger partial charge on any atom is 0.237 e. The van der Waals surface area contributed by atoms with Crippen molar-refractivity contribution in [3.63, 3.8) is 0 Å². The van der Waals surface area contributed by atoms with Crippen LogP contribution in [0.3, 0.4) is 0 Å². The van der Waals surface area contributed by atoms with Crippen molar-refractivity contribution in [1.29, 1.82) is 0 Å². The van der Waals surface area contributed by atoms with Gasteiger partial charge in [0.15, 0.2) is 0 Å². The topological polar surface area (TPSA) is 82.0 Å². The summed E-state index contributed by atoms with van der Waals surface area (Å²) in [5, 5.41) is 30.2. The fourth-order valence-electron chi connectivity index (χ4n) is 1.35. The summed E-state index contributed by atoms with van der Waals surface area (Å²) < 4.78 is 5.16. The maximum absolute atomic E-state index is 9.36. The summed E-state index contributed by atoms with van der Waals surface area (Å²) in [7, 11) is 2.20. The van der Waals surface area contributed by atoms with Crippen molar-refractivity contribution < 1.29 is 20.1 Å². The largest absolute Gasteiger partial charge is 0.394 e. The quantitative estimate of drug-likeness (QED) is 0.343. The highest BCUT2D eigenvalue weighted by atomic mass is 16.5. The monoisotopic (exact) mass is 175 g/mol. The molecule has 0 bridgehead atoms. The van der Waals surface area contributed by atoms with Crippen LogP contribution in [0.1, 0.15) is 0 Å². The standard InChI is InChI=1S/C6H14BNO4/c1-8-7-6-5(11)4(10)3(2-9)12-6/h3-11H,2H2,1H3/t3-,4+,5?,6-/m1/s1. The SMILES string of the molecule is CNB[C@@H]1O[C@H](CO)[C@H](O)C1O. The number of hydrogen-bond acceptors (Lipinski definition) is 5. The lowest BCUT2D eigenvalue weighted by Gasteiger charge is -2.11.